The van der Waals surface area contributed by atoms with Gasteiger partial charge in [0, 0.05) is 12.0 Å². The van der Waals surface area contributed by atoms with E-state index in [1.165, 1.54) is 29.4 Å². The Labute approximate surface area is 228 Å². The van der Waals surface area contributed by atoms with Gasteiger partial charge in [-0.1, -0.05) is 23.5 Å². The summed E-state index contributed by atoms with van der Waals surface area (Å²) < 4.78 is 12.0. The molecule has 0 unspecified atom stereocenters. The summed E-state index contributed by atoms with van der Waals surface area (Å²) in [5.74, 6) is -1.07. The van der Waals surface area contributed by atoms with Gasteiger partial charge < -0.3 is 19.7 Å². The lowest BCUT2D eigenvalue weighted by Gasteiger charge is -2.23. The predicted molar refractivity (Wildman–Crippen MR) is 149 cm³/mol. The van der Waals surface area contributed by atoms with E-state index >= 15 is 0 Å². The number of thiazole rings is 1. The SMILES string of the molecule is COc1cc([C@@H]2C(=C(O)c3ccc4c(c3)C[C@@H](C)O4)C(=O)C(=O)N2c2nc3c(C)cc(C)cc3s2)ccc1O. The third kappa shape index (κ3) is 4.01. The van der Waals surface area contributed by atoms with Crippen molar-refractivity contribution in [1.82, 2.24) is 4.98 Å². The maximum absolute atomic E-state index is 13.6. The van der Waals surface area contributed by atoms with E-state index in [9.17, 15) is 19.8 Å². The summed E-state index contributed by atoms with van der Waals surface area (Å²) in [4.78, 5) is 33.3. The van der Waals surface area contributed by atoms with Crippen molar-refractivity contribution < 1.29 is 29.3 Å². The van der Waals surface area contributed by atoms with E-state index in [2.05, 4.69) is 0 Å². The molecule has 9 heteroatoms. The second-order valence-corrected chi connectivity index (χ2v) is 11.0. The topological polar surface area (TPSA) is 109 Å². The molecule has 198 valence electrons. The highest BCUT2D eigenvalue weighted by molar-refractivity contribution is 7.22. The summed E-state index contributed by atoms with van der Waals surface area (Å²) in [6, 6.07) is 12.9. The second-order valence-electron chi connectivity index (χ2n) is 9.98. The number of carbonyl (C=O) groups is 2. The van der Waals surface area contributed by atoms with E-state index in [0.29, 0.717) is 22.7 Å². The van der Waals surface area contributed by atoms with Crippen molar-refractivity contribution in [3.8, 4) is 17.2 Å². The molecule has 4 aromatic rings. The molecule has 2 atom stereocenters. The van der Waals surface area contributed by atoms with Gasteiger partial charge in [-0.2, -0.15) is 0 Å². The Morgan fingerprint density at radius 1 is 1.13 bits per heavy atom. The van der Waals surface area contributed by atoms with Gasteiger partial charge in [-0.05, 0) is 79.4 Å². The van der Waals surface area contributed by atoms with Crippen LogP contribution in [0.4, 0.5) is 5.13 Å². The number of phenols is 1. The number of phenolic OH excluding ortho intramolecular Hbond substituents is 1. The molecule has 2 N–H and O–H groups in total. The molecule has 6 rings (SSSR count). The number of nitrogens with zero attached hydrogens (tertiary/aromatic N) is 2. The maximum atomic E-state index is 13.6. The number of aromatic hydroxyl groups is 1. The Hall–Kier alpha value is -4.37. The summed E-state index contributed by atoms with van der Waals surface area (Å²) >= 11 is 1.31. The molecule has 1 aromatic heterocycles. The fourth-order valence-electron chi connectivity index (χ4n) is 5.40. The number of hydrogen-bond donors (Lipinski definition) is 2. The number of carbonyl (C=O) groups excluding carboxylic acids is 2. The molecule has 39 heavy (non-hydrogen) atoms. The Balaban J connectivity index is 1.56. The van der Waals surface area contributed by atoms with Crippen LogP contribution in [0, 0.1) is 13.8 Å². The number of aliphatic hydroxyl groups excluding tert-OH is 1. The van der Waals surface area contributed by atoms with Gasteiger partial charge in [0.25, 0.3) is 5.78 Å². The molecule has 3 heterocycles. The number of hydrogen-bond acceptors (Lipinski definition) is 8. The van der Waals surface area contributed by atoms with Crippen molar-refractivity contribution >= 4 is 44.1 Å². The van der Waals surface area contributed by atoms with Gasteiger partial charge in [0.1, 0.15) is 17.6 Å². The van der Waals surface area contributed by atoms with Crippen LogP contribution in [0.5, 0.6) is 17.2 Å². The molecule has 0 saturated carbocycles. The van der Waals surface area contributed by atoms with Crippen molar-refractivity contribution in [3.05, 3.63) is 81.9 Å². The number of aromatic nitrogens is 1. The van der Waals surface area contributed by atoms with Crippen LogP contribution in [0.25, 0.3) is 16.0 Å². The van der Waals surface area contributed by atoms with Gasteiger partial charge in [0.05, 0.1) is 28.9 Å². The fraction of sp³-hybridized carbons (Fsp3) is 0.233. The Bertz CT molecular complexity index is 1720. The number of anilines is 1. The molecule has 1 saturated heterocycles. The number of fused-ring (bicyclic) bond motifs is 2. The zero-order valence-electron chi connectivity index (χ0n) is 21.8. The van der Waals surface area contributed by atoms with E-state index in [0.717, 1.165) is 32.7 Å². The first-order valence-corrected chi connectivity index (χ1v) is 13.3. The van der Waals surface area contributed by atoms with Gasteiger partial charge in [0.2, 0.25) is 0 Å². The number of benzene rings is 3. The van der Waals surface area contributed by atoms with Crippen molar-refractivity contribution in [3.63, 3.8) is 0 Å². The average Bonchev–Trinajstić information content (AvgIpc) is 3.56. The van der Waals surface area contributed by atoms with Gasteiger partial charge in [-0.15, -0.1) is 0 Å². The third-order valence-electron chi connectivity index (χ3n) is 7.16. The number of Topliss-reactive ketones (excluding diaryl/α,β-unsaturated/α-hetero) is 1. The molecule has 1 amide bonds. The molecule has 0 spiro atoms. The Kier molecular flexibility index (Phi) is 5.84. The standard InChI is InChI=1S/C30H26N2O6S/c1-14-9-15(2)25-23(10-14)39-30(31-25)32-26(17-5-7-20(33)22(13-17)37-4)24(28(35)29(32)36)27(34)18-6-8-21-19(12-18)11-16(3)38-21/h5-10,12-13,16,26,33-34H,11H2,1-4H3/t16-,26-/m1/s1. The number of methoxy groups -OCH3 is 1. The highest BCUT2D eigenvalue weighted by atomic mass is 32.1. The quantitative estimate of drug-likeness (QED) is 0.197. The molecule has 2 aliphatic rings. The Morgan fingerprint density at radius 2 is 1.92 bits per heavy atom. The van der Waals surface area contributed by atoms with E-state index < -0.39 is 17.7 Å². The lowest BCUT2D eigenvalue weighted by molar-refractivity contribution is -0.132. The molecule has 0 radical (unpaired) electrons. The van der Waals surface area contributed by atoms with E-state index in [1.54, 1.807) is 30.3 Å². The summed E-state index contributed by atoms with van der Waals surface area (Å²) in [7, 11) is 1.42. The van der Waals surface area contributed by atoms with Crippen molar-refractivity contribution in [2.45, 2.75) is 39.3 Å². The van der Waals surface area contributed by atoms with Crippen LogP contribution in [-0.2, 0) is 16.0 Å². The van der Waals surface area contributed by atoms with Gasteiger partial charge in [0.15, 0.2) is 16.6 Å². The van der Waals surface area contributed by atoms with Crippen LogP contribution in [0.15, 0.2) is 54.1 Å². The van der Waals surface area contributed by atoms with Crippen LogP contribution in [0.1, 0.15) is 40.8 Å². The number of aryl methyl sites for hydroxylation is 2. The molecule has 0 aliphatic carbocycles. The van der Waals surface area contributed by atoms with Crippen LogP contribution < -0.4 is 14.4 Å². The minimum absolute atomic E-state index is 0.0126. The first-order chi connectivity index (χ1) is 18.7. The minimum Gasteiger partial charge on any atom is -0.507 e. The lowest BCUT2D eigenvalue weighted by atomic mass is 9.94. The molecule has 2 aliphatic heterocycles. The van der Waals surface area contributed by atoms with Crippen molar-refractivity contribution in [1.29, 1.82) is 0 Å². The first-order valence-electron chi connectivity index (χ1n) is 12.5. The number of rotatable bonds is 4. The number of ether oxygens (including phenoxy) is 2. The molecule has 0 bridgehead atoms. The van der Waals surface area contributed by atoms with Crippen LogP contribution in [0.2, 0.25) is 0 Å². The Morgan fingerprint density at radius 3 is 2.69 bits per heavy atom. The number of ketones is 1. The van der Waals surface area contributed by atoms with Crippen LogP contribution in [-0.4, -0.2) is 40.1 Å². The van der Waals surface area contributed by atoms with Gasteiger partial charge in [-0.25, -0.2) is 4.98 Å². The summed E-state index contributed by atoms with van der Waals surface area (Å²) in [6.07, 6.45) is 0.687. The number of amides is 1. The highest BCUT2D eigenvalue weighted by Gasteiger charge is 2.48. The minimum atomic E-state index is -0.995. The fourth-order valence-corrected chi connectivity index (χ4v) is 6.56. The number of aliphatic hydroxyl groups is 1. The summed E-state index contributed by atoms with van der Waals surface area (Å²) in [5.41, 5.74) is 4.52. The normalized spacial score (nSPS) is 19.9. The van der Waals surface area contributed by atoms with Gasteiger partial charge >= 0.3 is 5.91 Å². The smallest absolute Gasteiger partial charge is 0.301 e. The third-order valence-corrected chi connectivity index (χ3v) is 8.16. The second kappa shape index (κ2) is 9.13. The molecular formula is C30H26N2O6S. The van der Waals surface area contributed by atoms with Crippen molar-refractivity contribution in [2.75, 3.05) is 12.0 Å². The largest absolute Gasteiger partial charge is 0.507 e. The van der Waals surface area contributed by atoms with E-state index in [-0.39, 0.29) is 28.9 Å². The molecule has 3 aromatic carbocycles. The van der Waals surface area contributed by atoms with Crippen molar-refractivity contribution in [2.24, 2.45) is 0 Å². The van der Waals surface area contributed by atoms with Crippen LogP contribution >= 0.6 is 11.3 Å². The lowest BCUT2D eigenvalue weighted by Crippen LogP contribution is -2.29. The zero-order valence-corrected chi connectivity index (χ0v) is 22.6. The van der Waals surface area contributed by atoms with E-state index in [4.69, 9.17) is 14.5 Å². The van der Waals surface area contributed by atoms with Crippen LogP contribution in [0.3, 0.4) is 0 Å². The highest BCUT2D eigenvalue weighted by Crippen LogP contribution is 2.46. The molecular weight excluding hydrogens is 516 g/mol. The van der Waals surface area contributed by atoms with E-state index in [1.807, 2.05) is 32.9 Å². The predicted octanol–water partition coefficient (Wildman–Crippen LogP) is 5.58. The zero-order chi connectivity index (χ0) is 27.6. The molecule has 1 fully saturated rings. The maximum Gasteiger partial charge on any atom is 0.301 e. The van der Waals surface area contributed by atoms with Gasteiger partial charge in [-0.3, -0.25) is 14.5 Å². The molecule has 8 nitrogen and oxygen atoms in total. The summed E-state index contributed by atoms with van der Waals surface area (Å²) in [5, 5.41) is 22.1. The summed E-state index contributed by atoms with van der Waals surface area (Å²) in [6.45, 7) is 5.90. The average molecular weight is 543 g/mol. The monoisotopic (exact) mass is 542 g/mol. The first kappa shape index (κ1) is 24.9.